The van der Waals surface area contributed by atoms with Gasteiger partial charge in [-0.1, -0.05) is 24.3 Å². The second kappa shape index (κ2) is 6.79. The van der Waals surface area contributed by atoms with Crippen molar-refractivity contribution in [1.82, 2.24) is 4.57 Å². The van der Waals surface area contributed by atoms with Gasteiger partial charge in [0.25, 0.3) is 0 Å². The molecular formula is C20H22N2O2. The first kappa shape index (κ1) is 16.1. The highest BCUT2D eigenvalue weighted by Crippen LogP contribution is 2.27. The number of para-hydroxylation sites is 1. The van der Waals surface area contributed by atoms with Gasteiger partial charge in [-0.15, -0.1) is 0 Å². The SMILES string of the molecule is COc1ccccc1CC(=O)Nc1cccc2c1ccn2C(C)C. The normalized spacial score (nSPS) is 11.0. The quantitative estimate of drug-likeness (QED) is 0.756. The molecule has 24 heavy (non-hydrogen) atoms. The number of aromatic nitrogens is 1. The molecule has 0 fully saturated rings. The molecule has 0 spiro atoms. The van der Waals surface area contributed by atoms with Crippen LogP contribution >= 0.6 is 0 Å². The molecule has 0 unspecified atom stereocenters. The average molecular weight is 322 g/mol. The van der Waals surface area contributed by atoms with Gasteiger partial charge in [0.05, 0.1) is 24.7 Å². The molecule has 1 amide bonds. The van der Waals surface area contributed by atoms with E-state index in [0.717, 1.165) is 27.9 Å². The third-order valence-corrected chi connectivity index (χ3v) is 4.14. The molecule has 0 saturated carbocycles. The van der Waals surface area contributed by atoms with Crippen LogP contribution in [0.15, 0.2) is 54.7 Å². The average Bonchev–Trinajstić information content (AvgIpc) is 3.00. The number of anilines is 1. The Morgan fingerprint density at radius 1 is 1.12 bits per heavy atom. The minimum atomic E-state index is -0.0516. The first-order valence-corrected chi connectivity index (χ1v) is 8.11. The van der Waals surface area contributed by atoms with E-state index in [4.69, 9.17) is 4.74 Å². The number of fused-ring (bicyclic) bond motifs is 1. The summed E-state index contributed by atoms with van der Waals surface area (Å²) in [6.45, 7) is 4.29. The number of carbonyl (C=O) groups is 1. The van der Waals surface area contributed by atoms with Crippen molar-refractivity contribution in [2.75, 3.05) is 12.4 Å². The highest BCUT2D eigenvalue weighted by molar-refractivity contribution is 6.02. The Bertz CT molecular complexity index is 865. The first-order chi connectivity index (χ1) is 11.6. The summed E-state index contributed by atoms with van der Waals surface area (Å²) in [5, 5.41) is 4.08. The monoisotopic (exact) mass is 322 g/mol. The number of hydrogen-bond donors (Lipinski definition) is 1. The molecular weight excluding hydrogens is 300 g/mol. The zero-order chi connectivity index (χ0) is 17.1. The number of nitrogens with one attached hydrogen (secondary N) is 1. The van der Waals surface area contributed by atoms with Crippen LogP contribution in [0.2, 0.25) is 0 Å². The Labute approximate surface area is 142 Å². The molecule has 0 radical (unpaired) electrons. The van der Waals surface area contributed by atoms with E-state index >= 15 is 0 Å². The van der Waals surface area contributed by atoms with Crippen LogP contribution in [0.25, 0.3) is 10.9 Å². The van der Waals surface area contributed by atoms with E-state index in [1.165, 1.54) is 0 Å². The van der Waals surface area contributed by atoms with E-state index in [9.17, 15) is 4.79 Å². The Balaban J connectivity index is 1.83. The number of carbonyl (C=O) groups excluding carboxylic acids is 1. The number of hydrogen-bond acceptors (Lipinski definition) is 2. The number of ether oxygens (including phenoxy) is 1. The van der Waals surface area contributed by atoms with Gasteiger partial charge in [-0.3, -0.25) is 4.79 Å². The molecule has 0 aliphatic carbocycles. The lowest BCUT2D eigenvalue weighted by Crippen LogP contribution is -2.15. The van der Waals surface area contributed by atoms with E-state index in [0.29, 0.717) is 6.04 Å². The summed E-state index contributed by atoms with van der Waals surface area (Å²) in [5.74, 6) is 0.682. The van der Waals surface area contributed by atoms with E-state index in [1.807, 2.05) is 42.5 Å². The summed E-state index contributed by atoms with van der Waals surface area (Å²) >= 11 is 0. The van der Waals surface area contributed by atoms with E-state index in [-0.39, 0.29) is 12.3 Å². The van der Waals surface area contributed by atoms with Gasteiger partial charge in [-0.25, -0.2) is 0 Å². The molecule has 1 heterocycles. The summed E-state index contributed by atoms with van der Waals surface area (Å²) < 4.78 is 7.51. The van der Waals surface area contributed by atoms with Crippen LogP contribution in [0.1, 0.15) is 25.5 Å². The Hall–Kier alpha value is -2.75. The van der Waals surface area contributed by atoms with Crippen LogP contribution in [0.3, 0.4) is 0 Å². The topological polar surface area (TPSA) is 43.3 Å². The third kappa shape index (κ3) is 3.13. The maximum atomic E-state index is 12.5. The molecule has 0 bridgehead atoms. The summed E-state index contributed by atoms with van der Waals surface area (Å²) in [7, 11) is 1.62. The van der Waals surface area contributed by atoms with Crippen LogP contribution < -0.4 is 10.1 Å². The maximum Gasteiger partial charge on any atom is 0.228 e. The Kier molecular flexibility index (Phi) is 4.56. The lowest BCUT2D eigenvalue weighted by atomic mass is 10.1. The van der Waals surface area contributed by atoms with E-state index in [2.05, 4.69) is 36.0 Å². The second-order valence-corrected chi connectivity index (χ2v) is 6.09. The Morgan fingerprint density at radius 3 is 2.67 bits per heavy atom. The van der Waals surface area contributed by atoms with Gasteiger partial charge in [0.15, 0.2) is 0 Å². The van der Waals surface area contributed by atoms with Crippen LogP contribution in [-0.2, 0) is 11.2 Å². The molecule has 4 heteroatoms. The van der Waals surface area contributed by atoms with Crippen molar-refractivity contribution < 1.29 is 9.53 Å². The molecule has 0 saturated heterocycles. The number of nitrogens with zero attached hydrogens (tertiary/aromatic N) is 1. The number of rotatable bonds is 5. The Morgan fingerprint density at radius 2 is 1.92 bits per heavy atom. The molecule has 124 valence electrons. The summed E-state index contributed by atoms with van der Waals surface area (Å²) in [4.78, 5) is 12.5. The van der Waals surface area contributed by atoms with Gasteiger partial charge < -0.3 is 14.6 Å². The van der Waals surface area contributed by atoms with Crippen LogP contribution in [0, 0.1) is 0 Å². The third-order valence-electron chi connectivity index (χ3n) is 4.14. The number of methoxy groups -OCH3 is 1. The van der Waals surface area contributed by atoms with Crippen molar-refractivity contribution in [3.05, 3.63) is 60.3 Å². The minimum absolute atomic E-state index is 0.0516. The first-order valence-electron chi connectivity index (χ1n) is 8.11. The lowest BCUT2D eigenvalue weighted by molar-refractivity contribution is -0.115. The minimum Gasteiger partial charge on any atom is -0.496 e. The predicted molar refractivity (Wildman–Crippen MR) is 97.7 cm³/mol. The zero-order valence-corrected chi connectivity index (χ0v) is 14.2. The molecule has 3 aromatic rings. The van der Waals surface area contributed by atoms with Crippen LogP contribution in [0.4, 0.5) is 5.69 Å². The molecule has 0 aliphatic rings. The second-order valence-electron chi connectivity index (χ2n) is 6.09. The fraction of sp³-hybridized carbons (Fsp3) is 0.250. The van der Waals surface area contributed by atoms with Crippen molar-refractivity contribution >= 4 is 22.5 Å². The van der Waals surface area contributed by atoms with Gasteiger partial charge in [0.1, 0.15) is 5.75 Å². The zero-order valence-electron chi connectivity index (χ0n) is 14.2. The predicted octanol–water partition coefficient (Wildman–Crippen LogP) is 4.41. The van der Waals surface area contributed by atoms with Crippen molar-refractivity contribution in [1.29, 1.82) is 0 Å². The lowest BCUT2D eigenvalue weighted by Gasteiger charge is -2.12. The molecule has 1 aromatic heterocycles. The highest BCUT2D eigenvalue weighted by atomic mass is 16.5. The fourth-order valence-corrected chi connectivity index (χ4v) is 2.96. The van der Waals surface area contributed by atoms with Crippen LogP contribution in [0.5, 0.6) is 5.75 Å². The maximum absolute atomic E-state index is 12.5. The van der Waals surface area contributed by atoms with Gasteiger partial charge in [0.2, 0.25) is 5.91 Å². The molecule has 1 N–H and O–H groups in total. The van der Waals surface area contributed by atoms with Gasteiger partial charge in [-0.2, -0.15) is 0 Å². The number of amides is 1. The fourth-order valence-electron chi connectivity index (χ4n) is 2.96. The number of benzene rings is 2. The molecule has 0 atom stereocenters. The van der Waals surface area contributed by atoms with Gasteiger partial charge >= 0.3 is 0 Å². The molecule has 0 aliphatic heterocycles. The van der Waals surface area contributed by atoms with Gasteiger partial charge in [-0.05, 0) is 38.1 Å². The summed E-state index contributed by atoms with van der Waals surface area (Å²) in [6.07, 6.45) is 2.34. The van der Waals surface area contributed by atoms with Crippen molar-refractivity contribution in [3.8, 4) is 5.75 Å². The van der Waals surface area contributed by atoms with Crippen molar-refractivity contribution in [3.63, 3.8) is 0 Å². The summed E-state index contributed by atoms with van der Waals surface area (Å²) in [6, 6.07) is 16.0. The molecule has 3 rings (SSSR count). The van der Waals surface area contributed by atoms with E-state index in [1.54, 1.807) is 7.11 Å². The van der Waals surface area contributed by atoms with Crippen LogP contribution in [-0.4, -0.2) is 17.6 Å². The molecule has 4 nitrogen and oxygen atoms in total. The van der Waals surface area contributed by atoms with Crippen molar-refractivity contribution in [2.45, 2.75) is 26.3 Å². The smallest absolute Gasteiger partial charge is 0.228 e. The van der Waals surface area contributed by atoms with E-state index < -0.39 is 0 Å². The molecule has 2 aromatic carbocycles. The highest BCUT2D eigenvalue weighted by Gasteiger charge is 2.12. The largest absolute Gasteiger partial charge is 0.496 e. The van der Waals surface area contributed by atoms with Crippen molar-refractivity contribution in [2.24, 2.45) is 0 Å². The van der Waals surface area contributed by atoms with Gasteiger partial charge in [0, 0.05) is 23.2 Å². The summed E-state index contributed by atoms with van der Waals surface area (Å²) in [5.41, 5.74) is 2.84. The standard InChI is InChI=1S/C20H22N2O2/c1-14(2)22-12-11-16-17(8-6-9-18(16)22)21-20(23)13-15-7-4-5-10-19(15)24-3/h4-12,14H,13H2,1-3H3,(H,21,23).